The number of hydrogen-bond acceptors (Lipinski definition) is 3. The second-order valence-electron chi connectivity index (χ2n) is 4.02. The van der Waals surface area contributed by atoms with Crippen molar-refractivity contribution < 1.29 is 9.59 Å². The van der Waals surface area contributed by atoms with Crippen LogP contribution in [0.25, 0.3) is 0 Å². The van der Waals surface area contributed by atoms with Crippen LogP contribution in [0.4, 0.5) is 0 Å². The summed E-state index contributed by atoms with van der Waals surface area (Å²) in [6.45, 7) is 2.82. The van der Waals surface area contributed by atoms with Crippen molar-refractivity contribution >= 4 is 34.9 Å². The summed E-state index contributed by atoms with van der Waals surface area (Å²) in [5, 5.41) is 3.34. The highest BCUT2D eigenvalue weighted by Gasteiger charge is 2.16. The molecule has 6 heteroatoms. The van der Waals surface area contributed by atoms with Gasteiger partial charge in [-0.05, 0) is 24.7 Å². The molecular weight excluding hydrogens is 287 g/mol. The second-order valence-corrected chi connectivity index (χ2v) is 4.87. The fourth-order valence-corrected chi connectivity index (χ4v) is 2.08. The molecule has 104 valence electrons. The van der Waals surface area contributed by atoms with Crippen molar-refractivity contribution in [1.29, 1.82) is 0 Å². The van der Waals surface area contributed by atoms with Gasteiger partial charge >= 0.3 is 0 Å². The van der Waals surface area contributed by atoms with Crippen molar-refractivity contribution in [2.45, 2.75) is 6.92 Å². The first kappa shape index (κ1) is 16.0. The van der Waals surface area contributed by atoms with E-state index in [1.54, 1.807) is 24.1 Å². The first-order valence-electron chi connectivity index (χ1n) is 5.89. The molecule has 0 aliphatic carbocycles. The number of rotatable bonds is 6. The minimum absolute atomic E-state index is 0.128. The lowest BCUT2D eigenvalue weighted by Gasteiger charge is -2.18. The Morgan fingerprint density at radius 3 is 2.47 bits per heavy atom. The molecule has 1 aromatic rings. The van der Waals surface area contributed by atoms with Gasteiger partial charge < -0.3 is 5.32 Å². The summed E-state index contributed by atoms with van der Waals surface area (Å²) < 4.78 is 0. The molecule has 1 aromatic carbocycles. The predicted octanol–water partition coefficient (Wildman–Crippen LogP) is 2.24. The van der Waals surface area contributed by atoms with E-state index in [4.69, 9.17) is 23.2 Å². The van der Waals surface area contributed by atoms with Gasteiger partial charge in [-0.25, -0.2) is 0 Å². The van der Waals surface area contributed by atoms with E-state index >= 15 is 0 Å². The van der Waals surface area contributed by atoms with Crippen LogP contribution in [0.5, 0.6) is 0 Å². The maximum Gasteiger partial charge on any atom is 0.233 e. The van der Waals surface area contributed by atoms with Gasteiger partial charge in [0, 0.05) is 17.6 Å². The van der Waals surface area contributed by atoms with Crippen LogP contribution in [-0.4, -0.2) is 43.3 Å². The van der Waals surface area contributed by atoms with Crippen molar-refractivity contribution in [3.63, 3.8) is 0 Å². The Morgan fingerprint density at radius 1 is 1.26 bits per heavy atom. The van der Waals surface area contributed by atoms with Crippen LogP contribution in [0.15, 0.2) is 18.2 Å². The highest BCUT2D eigenvalue weighted by molar-refractivity contribution is 6.36. The Morgan fingerprint density at radius 2 is 1.95 bits per heavy atom. The normalized spacial score (nSPS) is 10.6. The first-order chi connectivity index (χ1) is 8.97. The van der Waals surface area contributed by atoms with E-state index in [1.807, 2.05) is 6.92 Å². The molecule has 0 aromatic heterocycles. The van der Waals surface area contributed by atoms with Crippen LogP contribution in [0.3, 0.4) is 0 Å². The lowest BCUT2D eigenvalue weighted by Crippen LogP contribution is -2.38. The molecule has 0 heterocycles. The SMILES string of the molecule is CCN(CC(=O)NC)CC(=O)c1ccc(Cl)cc1Cl. The van der Waals surface area contributed by atoms with Crippen LogP contribution < -0.4 is 5.32 Å². The Hall–Kier alpha value is -1.10. The molecule has 0 aliphatic rings. The second kappa shape index (κ2) is 7.48. The lowest BCUT2D eigenvalue weighted by molar-refractivity contribution is -0.121. The molecule has 0 aliphatic heterocycles. The zero-order valence-electron chi connectivity index (χ0n) is 10.9. The van der Waals surface area contributed by atoms with E-state index < -0.39 is 0 Å². The van der Waals surface area contributed by atoms with E-state index in [0.29, 0.717) is 22.2 Å². The summed E-state index contributed by atoms with van der Waals surface area (Å²) in [7, 11) is 1.56. The van der Waals surface area contributed by atoms with Crippen molar-refractivity contribution in [3.05, 3.63) is 33.8 Å². The third kappa shape index (κ3) is 4.82. The fraction of sp³-hybridized carbons (Fsp3) is 0.385. The number of Topliss-reactive ketones (excluding diaryl/α,β-unsaturated/α-hetero) is 1. The van der Waals surface area contributed by atoms with Crippen molar-refractivity contribution in [2.24, 2.45) is 0 Å². The number of carbonyl (C=O) groups is 2. The monoisotopic (exact) mass is 302 g/mol. The molecular formula is C13H16Cl2N2O2. The maximum absolute atomic E-state index is 12.1. The molecule has 0 radical (unpaired) electrons. The van der Waals surface area contributed by atoms with Gasteiger partial charge in [0.15, 0.2) is 5.78 Å². The van der Waals surface area contributed by atoms with Crippen molar-refractivity contribution in [3.8, 4) is 0 Å². The maximum atomic E-state index is 12.1. The number of benzene rings is 1. The quantitative estimate of drug-likeness (QED) is 0.820. The zero-order valence-corrected chi connectivity index (χ0v) is 12.4. The number of carbonyl (C=O) groups excluding carboxylic acids is 2. The summed E-state index contributed by atoms with van der Waals surface area (Å²) in [5.74, 6) is -0.260. The number of amides is 1. The summed E-state index contributed by atoms with van der Waals surface area (Å²) in [4.78, 5) is 25.2. The number of nitrogens with one attached hydrogen (secondary N) is 1. The third-order valence-corrected chi connectivity index (χ3v) is 3.24. The van der Waals surface area contributed by atoms with Crippen LogP contribution in [0, 0.1) is 0 Å². The van der Waals surface area contributed by atoms with Crippen LogP contribution in [0.1, 0.15) is 17.3 Å². The molecule has 1 rings (SSSR count). The summed E-state index contributed by atoms with van der Waals surface area (Å²) in [6.07, 6.45) is 0. The third-order valence-electron chi connectivity index (χ3n) is 2.69. The first-order valence-corrected chi connectivity index (χ1v) is 6.64. The van der Waals surface area contributed by atoms with Crippen LogP contribution >= 0.6 is 23.2 Å². The average Bonchev–Trinajstić information content (AvgIpc) is 2.37. The number of halogens is 2. The minimum Gasteiger partial charge on any atom is -0.358 e. The Labute approximate surface area is 122 Å². The summed E-state index contributed by atoms with van der Waals surface area (Å²) in [6, 6.07) is 4.75. The molecule has 0 saturated carbocycles. The van der Waals surface area contributed by atoms with Gasteiger partial charge in [-0.1, -0.05) is 30.1 Å². The van der Waals surface area contributed by atoms with Gasteiger partial charge in [0.2, 0.25) is 5.91 Å². The molecule has 0 atom stereocenters. The van der Waals surface area contributed by atoms with Crippen LogP contribution in [-0.2, 0) is 4.79 Å². The Bertz CT molecular complexity index is 478. The Kier molecular flexibility index (Phi) is 6.28. The van der Waals surface area contributed by atoms with Gasteiger partial charge in [0.1, 0.15) is 0 Å². The molecule has 0 spiro atoms. The highest BCUT2D eigenvalue weighted by atomic mass is 35.5. The topological polar surface area (TPSA) is 49.4 Å². The van der Waals surface area contributed by atoms with Crippen molar-refractivity contribution in [1.82, 2.24) is 10.2 Å². The number of ketones is 1. The zero-order chi connectivity index (χ0) is 14.4. The van der Waals surface area contributed by atoms with Gasteiger partial charge in [-0.2, -0.15) is 0 Å². The molecule has 0 unspecified atom stereocenters. The Balaban J connectivity index is 2.74. The smallest absolute Gasteiger partial charge is 0.233 e. The highest BCUT2D eigenvalue weighted by Crippen LogP contribution is 2.21. The van der Waals surface area contributed by atoms with E-state index in [1.165, 1.54) is 6.07 Å². The number of hydrogen-bond donors (Lipinski definition) is 1. The largest absolute Gasteiger partial charge is 0.358 e. The predicted molar refractivity (Wildman–Crippen MR) is 77.0 cm³/mol. The molecule has 4 nitrogen and oxygen atoms in total. The fourth-order valence-electron chi connectivity index (χ4n) is 1.57. The van der Waals surface area contributed by atoms with E-state index in [9.17, 15) is 9.59 Å². The molecule has 0 bridgehead atoms. The van der Waals surface area contributed by atoms with E-state index in [2.05, 4.69) is 5.32 Å². The average molecular weight is 303 g/mol. The van der Waals surface area contributed by atoms with E-state index in [0.717, 1.165) is 0 Å². The molecule has 0 saturated heterocycles. The summed E-state index contributed by atoms with van der Waals surface area (Å²) >= 11 is 11.8. The molecule has 1 N–H and O–H groups in total. The van der Waals surface area contributed by atoms with Gasteiger partial charge in [0.25, 0.3) is 0 Å². The van der Waals surface area contributed by atoms with Gasteiger partial charge in [0.05, 0.1) is 18.1 Å². The molecule has 0 fully saturated rings. The minimum atomic E-state index is -0.132. The molecule has 19 heavy (non-hydrogen) atoms. The summed E-state index contributed by atoms with van der Waals surface area (Å²) in [5.41, 5.74) is 0.418. The van der Waals surface area contributed by atoms with Gasteiger partial charge in [-0.3, -0.25) is 14.5 Å². The van der Waals surface area contributed by atoms with Crippen LogP contribution in [0.2, 0.25) is 10.0 Å². The lowest BCUT2D eigenvalue weighted by atomic mass is 10.1. The standard InChI is InChI=1S/C13H16Cl2N2O2/c1-3-17(8-13(19)16-2)7-12(18)10-5-4-9(14)6-11(10)15/h4-6H,3,7-8H2,1-2H3,(H,16,19). The molecule has 1 amide bonds. The van der Waals surface area contributed by atoms with Gasteiger partial charge in [-0.15, -0.1) is 0 Å². The van der Waals surface area contributed by atoms with Crippen molar-refractivity contribution in [2.75, 3.05) is 26.7 Å². The van der Waals surface area contributed by atoms with E-state index in [-0.39, 0.29) is 24.8 Å². The number of nitrogens with zero attached hydrogens (tertiary/aromatic N) is 1. The number of likely N-dealkylation sites (N-methyl/N-ethyl adjacent to an activating group) is 2.